The van der Waals surface area contributed by atoms with Gasteiger partial charge in [0.15, 0.2) is 0 Å². The number of sulfonamides is 1. The zero-order valence-electron chi connectivity index (χ0n) is 8.20. The first kappa shape index (κ1) is 13.1. The van der Waals surface area contributed by atoms with Gasteiger partial charge in [-0.05, 0) is 25.7 Å². The second-order valence-corrected chi connectivity index (χ2v) is 5.78. The number of rotatable bonds is 5. The second-order valence-electron chi connectivity index (χ2n) is 3.54. The van der Waals surface area contributed by atoms with Crippen LogP contribution in [0, 0.1) is 0 Å². The van der Waals surface area contributed by atoms with E-state index in [0.29, 0.717) is 31.6 Å². The summed E-state index contributed by atoms with van der Waals surface area (Å²) in [6, 6.07) is -0.289. The minimum atomic E-state index is -4.40. The number of hydrogen-bond acceptors (Lipinski definition) is 2. The topological polar surface area (TPSA) is 37.4 Å². The molecule has 0 saturated carbocycles. The van der Waals surface area contributed by atoms with Crippen LogP contribution in [0.25, 0.3) is 0 Å². The normalized spacial score (nSPS) is 23.9. The number of nitrogens with zero attached hydrogens (tertiary/aromatic N) is 1. The largest absolute Gasteiger partial charge is 0.350 e. The molecule has 0 aromatic rings. The van der Waals surface area contributed by atoms with Crippen molar-refractivity contribution in [3.05, 3.63) is 0 Å². The van der Waals surface area contributed by atoms with Gasteiger partial charge in [-0.1, -0.05) is 0 Å². The monoisotopic (exact) mass is 261 g/mol. The van der Waals surface area contributed by atoms with E-state index < -0.39 is 15.8 Å². The molecule has 0 amide bonds. The standard InChI is InChI=1S/C8H14ClF2NO2S/c9-5-1-3-7-4-2-6-12(7)15(13,14)8(10)11/h7-8H,1-6H2. The highest BCUT2D eigenvalue weighted by atomic mass is 35.5. The van der Waals surface area contributed by atoms with E-state index >= 15 is 0 Å². The summed E-state index contributed by atoms with van der Waals surface area (Å²) in [5, 5.41) is 0. The Morgan fingerprint density at radius 1 is 1.47 bits per heavy atom. The minimum Gasteiger partial charge on any atom is -0.206 e. The summed E-state index contributed by atoms with van der Waals surface area (Å²) in [6.07, 6.45) is 2.53. The quantitative estimate of drug-likeness (QED) is 0.710. The third kappa shape index (κ3) is 3.01. The van der Waals surface area contributed by atoms with Gasteiger partial charge in [-0.3, -0.25) is 0 Å². The van der Waals surface area contributed by atoms with Gasteiger partial charge in [-0.15, -0.1) is 11.6 Å². The van der Waals surface area contributed by atoms with Crippen LogP contribution >= 0.6 is 11.6 Å². The Balaban J connectivity index is 2.68. The molecule has 7 heteroatoms. The molecule has 1 saturated heterocycles. The Labute approximate surface area is 93.4 Å². The summed E-state index contributed by atoms with van der Waals surface area (Å²) in [4.78, 5) is 0. The number of alkyl halides is 3. The molecule has 0 N–H and O–H groups in total. The van der Waals surface area contributed by atoms with Crippen LogP contribution in [-0.4, -0.2) is 36.9 Å². The van der Waals surface area contributed by atoms with Gasteiger partial charge in [0.05, 0.1) is 0 Å². The van der Waals surface area contributed by atoms with Gasteiger partial charge >= 0.3 is 5.76 Å². The Kier molecular flexibility index (Phi) is 4.73. The second kappa shape index (κ2) is 5.41. The first-order chi connectivity index (χ1) is 7.00. The van der Waals surface area contributed by atoms with Gasteiger partial charge in [0.1, 0.15) is 0 Å². The summed E-state index contributed by atoms with van der Waals surface area (Å²) in [5.74, 6) is -2.88. The number of hydrogen-bond donors (Lipinski definition) is 0. The van der Waals surface area contributed by atoms with Gasteiger partial charge in [0.2, 0.25) is 0 Å². The molecule has 0 radical (unpaired) electrons. The lowest BCUT2D eigenvalue weighted by Crippen LogP contribution is -2.39. The lowest BCUT2D eigenvalue weighted by molar-refractivity contribution is 0.215. The van der Waals surface area contributed by atoms with Crippen molar-refractivity contribution in [2.45, 2.75) is 37.5 Å². The zero-order valence-corrected chi connectivity index (χ0v) is 9.78. The fourth-order valence-corrected chi connectivity index (χ4v) is 3.22. The van der Waals surface area contributed by atoms with Gasteiger partial charge in [0, 0.05) is 18.5 Å². The molecule has 1 fully saturated rings. The van der Waals surface area contributed by atoms with Crippen LogP contribution in [0.15, 0.2) is 0 Å². The van der Waals surface area contributed by atoms with Crippen molar-refractivity contribution >= 4 is 21.6 Å². The van der Waals surface area contributed by atoms with Crippen molar-refractivity contribution in [1.29, 1.82) is 0 Å². The van der Waals surface area contributed by atoms with E-state index in [9.17, 15) is 17.2 Å². The summed E-state index contributed by atoms with van der Waals surface area (Å²) in [5.41, 5.74) is 0. The van der Waals surface area contributed by atoms with Crippen LogP contribution in [0.4, 0.5) is 8.78 Å². The predicted molar refractivity (Wildman–Crippen MR) is 54.6 cm³/mol. The maximum absolute atomic E-state index is 12.3. The lowest BCUT2D eigenvalue weighted by atomic mass is 10.1. The zero-order chi connectivity index (χ0) is 11.5. The molecule has 1 rings (SSSR count). The van der Waals surface area contributed by atoms with E-state index in [-0.39, 0.29) is 12.6 Å². The average molecular weight is 262 g/mol. The molecule has 0 aromatic heterocycles. The highest BCUT2D eigenvalue weighted by Gasteiger charge is 2.39. The third-order valence-electron chi connectivity index (χ3n) is 2.55. The van der Waals surface area contributed by atoms with Gasteiger partial charge < -0.3 is 0 Å². The van der Waals surface area contributed by atoms with Crippen molar-refractivity contribution in [2.75, 3.05) is 12.4 Å². The van der Waals surface area contributed by atoms with Crippen LogP contribution in [0.5, 0.6) is 0 Å². The molecule has 0 bridgehead atoms. The Hall–Kier alpha value is 0.0600. The molecule has 0 aliphatic carbocycles. The van der Waals surface area contributed by atoms with E-state index in [1.54, 1.807) is 0 Å². The van der Waals surface area contributed by atoms with Crippen molar-refractivity contribution in [3.8, 4) is 0 Å². The van der Waals surface area contributed by atoms with Crippen LogP contribution in [0.3, 0.4) is 0 Å². The number of halogens is 3. The average Bonchev–Trinajstić information content (AvgIpc) is 2.62. The van der Waals surface area contributed by atoms with E-state index in [2.05, 4.69) is 0 Å². The SMILES string of the molecule is O=S(=O)(C(F)F)N1CCCC1CCCCl. The maximum Gasteiger partial charge on any atom is 0.350 e. The summed E-state index contributed by atoms with van der Waals surface area (Å²) >= 11 is 5.49. The minimum absolute atomic E-state index is 0.208. The lowest BCUT2D eigenvalue weighted by Gasteiger charge is -2.23. The first-order valence-corrected chi connectivity index (χ1v) is 6.88. The summed E-state index contributed by atoms with van der Waals surface area (Å²) in [7, 11) is -4.40. The molecule has 0 aromatic carbocycles. The first-order valence-electron chi connectivity index (χ1n) is 4.85. The highest BCUT2D eigenvalue weighted by molar-refractivity contribution is 7.89. The van der Waals surface area contributed by atoms with Crippen LogP contribution in [-0.2, 0) is 10.0 Å². The fraction of sp³-hybridized carbons (Fsp3) is 1.00. The molecule has 0 spiro atoms. The molecule has 1 aliphatic rings. The molecule has 3 nitrogen and oxygen atoms in total. The molecule has 90 valence electrons. The van der Waals surface area contributed by atoms with Crippen LogP contribution < -0.4 is 0 Å². The molecular weight excluding hydrogens is 248 g/mol. The van der Waals surface area contributed by atoms with Crippen molar-refractivity contribution in [2.24, 2.45) is 0 Å². The van der Waals surface area contributed by atoms with Crippen LogP contribution in [0.1, 0.15) is 25.7 Å². The van der Waals surface area contributed by atoms with Crippen molar-refractivity contribution < 1.29 is 17.2 Å². The van der Waals surface area contributed by atoms with Gasteiger partial charge in [0.25, 0.3) is 10.0 Å². The van der Waals surface area contributed by atoms with Gasteiger partial charge in [-0.2, -0.15) is 13.1 Å². The molecular formula is C8H14ClF2NO2S. The predicted octanol–water partition coefficient (Wildman–Crippen LogP) is 2.02. The molecule has 1 atom stereocenters. The molecule has 1 unspecified atom stereocenters. The maximum atomic E-state index is 12.3. The summed E-state index contributed by atoms with van der Waals surface area (Å²) < 4.78 is 48.0. The fourth-order valence-electron chi connectivity index (χ4n) is 1.85. The molecule has 15 heavy (non-hydrogen) atoms. The van der Waals surface area contributed by atoms with E-state index in [1.165, 1.54) is 0 Å². The molecule has 1 heterocycles. The smallest absolute Gasteiger partial charge is 0.206 e. The van der Waals surface area contributed by atoms with E-state index in [1.807, 2.05) is 0 Å². The van der Waals surface area contributed by atoms with E-state index in [0.717, 1.165) is 4.31 Å². The molecule has 1 aliphatic heterocycles. The Morgan fingerprint density at radius 3 is 2.67 bits per heavy atom. The van der Waals surface area contributed by atoms with Crippen molar-refractivity contribution in [3.63, 3.8) is 0 Å². The van der Waals surface area contributed by atoms with Gasteiger partial charge in [-0.25, -0.2) is 8.42 Å². The highest BCUT2D eigenvalue weighted by Crippen LogP contribution is 2.27. The Morgan fingerprint density at radius 2 is 2.13 bits per heavy atom. The Bertz CT molecular complexity index is 297. The van der Waals surface area contributed by atoms with E-state index in [4.69, 9.17) is 11.6 Å². The third-order valence-corrected chi connectivity index (χ3v) is 4.40. The van der Waals surface area contributed by atoms with Crippen LogP contribution in [0.2, 0.25) is 0 Å². The summed E-state index contributed by atoms with van der Waals surface area (Å²) in [6.45, 7) is 0.208. The van der Waals surface area contributed by atoms with Crippen molar-refractivity contribution in [1.82, 2.24) is 4.31 Å².